The van der Waals surface area contributed by atoms with Crippen LogP contribution < -0.4 is 14.8 Å². The number of rotatable bonds is 3. The van der Waals surface area contributed by atoms with Crippen molar-refractivity contribution in [2.75, 3.05) is 10.0 Å². The summed E-state index contributed by atoms with van der Waals surface area (Å²) in [7, 11) is -4.26. The second-order valence-corrected chi connectivity index (χ2v) is 6.79. The number of sulfonamides is 1. The van der Waals surface area contributed by atoms with Crippen LogP contribution in [0, 0.1) is 11.6 Å². The highest BCUT2D eigenvalue weighted by atomic mass is 32.2. The summed E-state index contributed by atoms with van der Waals surface area (Å²) in [6, 6.07) is 6.39. The van der Waals surface area contributed by atoms with E-state index < -0.39 is 32.7 Å². The Hall–Kier alpha value is -2.68. The van der Waals surface area contributed by atoms with Crippen LogP contribution in [0.5, 0.6) is 5.75 Å². The first-order valence-corrected chi connectivity index (χ1v) is 8.34. The zero-order valence-corrected chi connectivity index (χ0v) is 13.2. The molecule has 0 bridgehead atoms. The molecule has 2 aromatic rings. The van der Waals surface area contributed by atoms with Crippen LogP contribution in [0.2, 0.25) is 0 Å². The largest absolute Gasteiger partial charge is 0.479 e. The van der Waals surface area contributed by atoms with Gasteiger partial charge in [-0.05, 0) is 37.3 Å². The van der Waals surface area contributed by atoms with Gasteiger partial charge in [-0.3, -0.25) is 9.52 Å². The first kappa shape index (κ1) is 16.2. The van der Waals surface area contributed by atoms with E-state index >= 15 is 0 Å². The molecule has 24 heavy (non-hydrogen) atoms. The van der Waals surface area contributed by atoms with Crippen LogP contribution in [0.1, 0.15) is 6.92 Å². The Morgan fingerprint density at radius 1 is 1.17 bits per heavy atom. The SMILES string of the molecule is C[C@H]1Oc2ccc(NS(=O)(=O)c3ccc(F)cc3F)cc2NC1=O. The number of benzene rings is 2. The summed E-state index contributed by atoms with van der Waals surface area (Å²) in [4.78, 5) is 10.9. The molecule has 0 saturated carbocycles. The van der Waals surface area contributed by atoms with E-state index in [0.717, 1.165) is 12.1 Å². The number of hydrogen-bond acceptors (Lipinski definition) is 4. The van der Waals surface area contributed by atoms with Crippen molar-refractivity contribution in [2.45, 2.75) is 17.9 Å². The number of carbonyl (C=O) groups excluding carboxylic acids is 1. The molecule has 0 aromatic heterocycles. The summed E-state index contributed by atoms with van der Waals surface area (Å²) in [6.07, 6.45) is -0.659. The molecule has 2 N–H and O–H groups in total. The van der Waals surface area contributed by atoms with E-state index in [1.165, 1.54) is 18.2 Å². The molecule has 0 aliphatic carbocycles. The van der Waals surface area contributed by atoms with E-state index in [4.69, 9.17) is 4.74 Å². The molecule has 1 amide bonds. The number of amides is 1. The van der Waals surface area contributed by atoms with Crippen molar-refractivity contribution >= 4 is 27.3 Å². The fourth-order valence-corrected chi connectivity index (χ4v) is 3.29. The van der Waals surface area contributed by atoms with E-state index in [-0.39, 0.29) is 17.3 Å². The van der Waals surface area contributed by atoms with Gasteiger partial charge in [0.2, 0.25) is 0 Å². The summed E-state index contributed by atoms with van der Waals surface area (Å²) in [5.74, 6) is -2.06. The molecule has 1 aliphatic heterocycles. The Bertz CT molecular complexity index is 931. The molecule has 0 saturated heterocycles. The molecule has 0 radical (unpaired) electrons. The third-order valence-corrected chi connectivity index (χ3v) is 4.76. The van der Waals surface area contributed by atoms with Gasteiger partial charge >= 0.3 is 0 Å². The number of fused-ring (bicyclic) bond motifs is 1. The van der Waals surface area contributed by atoms with Crippen molar-refractivity contribution < 1.29 is 26.7 Å². The lowest BCUT2D eigenvalue weighted by Gasteiger charge is -2.23. The van der Waals surface area contributed by atoms with Gasteiger partial charge in [-0.1, -0.05) is 0 Å². The zero-order chi connectivity index (χ0) is 17.5. The normalized spacial score (nSPS) is 16.8. The highest BCUT2D eigenvalue weighted by Gasteiger charge is 2.25. The van der Waals surface area contributed by atoms with Gasteiger partial charge in [-0.15, -0.1) is 0 Å². The molecule has 0 spiro atoms. The highest BCUT2D eigenvalue weighted by molar-refractivity contribution is 7.92. The molecule has 9 heteroatoms. The quantitative estimate of drug-likeness (QED) is 0.887. The first-order chi connectivity index (χ1) is 11.3. The molecule has 6 nitrogen and oxygen atoms in total. The van der Waals surface area contributed by atoms with Crippen LogP contribution in [-0.2, 0) is 14.8 Å². The topological polar surface area (TPSA) is 84.5 Å². The van der Waals surface area contributed by atoms with Crippen molar-refractivity contribution in [1.82, 2.24) is 0 Å². The Balaban J connectivity index is 1.91. The lowest BCUT2D eigenvalue weighted by Crippen LogP contribution is -2.34. The molecule has 1 atom stereocenters. The highest BCUT2D eigenvalue weighted by Crippen LogP contribution is 2.33. The van der Waals surface area contributed by atoms with Crippen LogP contribution in [0.3, 0.4) is 0 Å². The maximum Gasteiger partial charge on any atom is 0.265 e. The third kappa shape index (κ3) is 3.02. The number of ether oxygens (including phenoxy) is 1. The molecule has 1 heterocycles. The Morgan fingerprint density at radius 3 is 2.62 bits per heavy atom. The van der Waals surface area contributed by atoms with Crippen molar-refractivity contribution in [2.24, 2.45) is 0 Å². The van der Waals surface area contributed by atoms with Gasteiger partial charge in [-0.25, -0.2) is 17.2 Å². The number of anilines is 2. The van der Waals surface area contributed by atoms with Crippen LogP contribution in [0.25, 0.3) is 0 Å². The second-order valence-electron chi connectivity index (χ2n) is 5.14. The van der Waals surface area contributed by atoms with E-state index in [1.807, 2.05) is 0 Å². The lowest BCUT2D eigenvalue weighted by atomic mass is 10.2. The Morgan fingerprint density at radius 2 is 1.92 bits per heavy atom. The van der Waals surface area contributed by atoms with E-state index in [1.54, 1.807) is 6.92 Å². The Labute approximate surface area is 136 Å². The number of carbonyl (C=O) groups is 1. The van der Waals surface area contributed by atoms with Gasteiger partial charge < -0.3 is 10.1 Å². The van der Waals surface area contributed by atoms with Gasteiger partial charge in [0.1, 0.15) is 22.3 Å². The standard InChI is InChI=1S/C15H12F2N2O4S/c1-8-15(20)18-12-7-10(3-4-13(12)23-8)19-24(21,22)14-5-2-9(16)6-11(14)17/h2-8,19H,1H3,(H,18,20)/t8-/m1/s1. The minimum absolute atomic E-state index is 0.0935. The molecule has 126 valence electrons. The van der Waals surface area contributed by atoms with Crippen LogP contribution >= 0.6 is 0 Å². The fourth-order valence-electron chi connectivity index (χ4n) is 2.18. The monoisotopic (exact) mass is 354 g/mol. The van der Waals surface area contributed by atoms with Crippen molar-refractivity contribution in [3.63, 3.8) is 0 Å². The van der Waals surface area contributed by atoms with Gasteiger partial charge in [0.25, 0.3) is 15.9 Å². The minimum atomic E-state index is -4.26. The van der Waals surface area contributed by atoms with Crippen molar-refractivity contribution in [3.8, 4) is 5.75 Å². The average molecular weight is 354 g/mol. The predicted molar refractivity (Wildman–Crippen MR) is 82.3 cm³/mol. The van der Waals surface area contributed by atoms with Crippen molar-refractivity contribution in [3.05, 3.63) is 48.0 Å². The minimum Gasteiger partial charge on any atom is -0.479 e. The molecular formula is C15H12F2N2O4S. The zero-order valence-electron chi connectivity index (χ0n) is 12.3. The van der Waals surface area contributed by atoms with Crippen LogP contribution in [0.15, 0.2) is 41.3 Å². The maximum absolute atomic E-state index is 13.7. The van der Waals surface area contributed by atoms with Crippen LogP contribution in [0.4, 0.5) is 20.2 Å². The summed E-state index contributed by atoms with van der Waals surface area (Å²) in [5.41, 5.74) is 0.383. The molecular weight excluding hydrogens is 342 g/mol. The third-order valence-electron chi connectivity index (χ3n) is 3.35. The summed E-state index contributed by atoms with van der Waals surface area (Å²) in [6.45, 7) is 1.58. The second kappa shape index (κ2) is 5.75. The first-order valence-electron chi connectivity index (χ1n) is 6.86. The van der Waals surface area contributed by atoms with Gasteiger partial charge in [0.15, 0.2) is 6.10 Å². The number of hydrogen-bond donors (Lipinski definition) is 2. The average Bonchev–Trinajstić information content (AvgIpc) is 2.48. The van der Waals surface area contributed by atoms with Crippen LogP contribution in [-0.4, -0.2) is 20.4 Å². The van der Waals surface area contributed by atoms with E-state index in [9.17, 15) is 22.0 Å². The summed E-state index contributed by atoms with van der Waals surface area (Å²) >= 11 is 0. The smallest absolute Gasteiger partial charge is 0.265 e. The predicted octanol–water partition coefficient (Wildman–Crippen LogP) is 2.49. The van der Waals surface area contributed by atoms with Gasteiger partial charge in [0.05, 0.1) is 11.4 Å². The molecule has 1 aliphatic rings. The number of halogens is 2. The summed E-state index contributed by atoms with van der Waals surface area (Å²) < 4.78 is 58.6. The maximum atomic E-state index is 13.7. The van der Waals surface area contributed by atoms with Crippen molar-refractivity contribution in [1.29, 1.82) is 0 Å². The lowest BCUT2D eigenvalue weighted by molar-refractivity contribution is -0.122. The van der Waals surface area contributed by atoms with Gasteiger partial charge in [0, 0.05) is 6.07 Å². The fraction of sp³-hybridized carbons (Fsp3) is 0.133. The van der Waals surface area contributed by atoms with E-state index in [0.29, 0.717) is 11.8 Å². The summed E-state index contributed by atoms with van der Waals surface area (Å²) in [5, 5.41) is 2.57. The van der Waals surface area contributed by atoms with E-state index in [2.05, 4.69) is 10.0 Å². The molecule has 3 rings (SSSR count). The number of nitrogens with one attached hydrogen (secondary N) is 2. The molecule has 0 unspecified atom stereocenters. The Kier molecular flexibility index (Phi) is 3.88. The van der Waals surface area contributed by atoms with Gasteiger partial charge in [-0.2, -0.15) is 0 Å². The molecule has 2 aromatic carbocycles. The molecule has 0 fully saturated rings.